The summed E-state index contributed by atoms with van der Waals surface area (Å²) in [7, 11) is 2.10. The molecule has 0 fully saturated rings. The van der Waals surface area contributed by atoms with Crippen LogP contribution in [0.4, 0.5) is 0 Å². The van der Waals surface area contributed by atoms with E-state index in [1.54, 1.807) is 0 Å². The highest BCUT2D eigenvalue weighted by Gasteiger charge is 1.96. The quantitative estimate of drug-likeness (QED) is 0.705. The molecule has 0 aromatic heterocycles. The second-order valence-corrected chi connectivity index (χ2v) is 3.75. The molecule has 1 heteroatoms. The number of hydrogen-bond donors (Lipinski definition) is 0. The lowest BCUT2D eigenvalue weighted by Crippen LogP contribution is -2.09. The Kier molecular flexibility index (Phi) is 3.75. The van der Waals surface area contributed by atoms with Crippen LogP contribution in [0.1, 0.15) is 25.0 Å². The molecule has 76 valence electrons. The van der Waals surface area contributed by atoms with E-state index in [0.717, 1.165) is 6.54 Å². The van der Waals surface area contributed by atoms with Gasteiger partial charge in [-0.05, 0) is 31.9 Å². The Balaban J connectivity index is 2.88. The van der Waals surface area contributed by atoms with Gasteiger partial charge in [0.2, 0.25) is 0 Å². The molecule has 0 aliphatic carbocycles. The van der Waals surface area contributed by atoms with Crippen molar-refractivity contribution in [2.24, 2.45) is 0 Å². The molecule has 0 aliphatic heterocycles. The van der Waals surface area contributed by atoms with Crippen LogP contribution in [-0.2, 0) is 0 Å². The van der Waals surface area contributed by atoms with Crippen molar-refractivity contribution >= 4 is 5.57 Å². The smallest absolute Gasteiger partial charge is 0.0140 e. The minimum absolute atomic E-state index is 1.04. The average molecular weight is 189 g/mol. The molecule has 0 aliphatic rings. The van der Waals surface area contributed by atoms with Gasteiger partial charge in [0.15, 0.2) is 0 Å². The van der Waals surface area contributed by atoms with Crippen molar-refractivity contribution in [2.45, 2.75) is 20.8 Å². The van der Waals surface area contributed by atoms with Gasteiger partial charge in [0.1, 0.15) is 0 Å². The third-order valence-corrected chi connectivity index (χ3v) is 2.39. The first-order valence-electron chi connectivity index (χ1n) is 5.09. The summed E-state index contributed by atoms with van der Waals surface area (Å²) in [5.74, 6) is 0. The Hall–Kier alpha value is -1.24. The molecule has 1 aromatic carbocycles. The van der Waals surface area contributed by atoms with Crippen molar-refractivity contribution in [3.63, 3.8) is 0 Å². The second kappa shape index (κ2) is 4.85. The van der Waals surface area contributed by atoms with Crippen molar-refractivity contribution in [1.29, 1.82) is 0 Å². The molecule has 1 nitrogen and oxygen atoms in total. The fourth-order valence-electron chi connectivity index (χ4n) is 1.39. The Morgan fingerprint density at radius 3 is 2.71 bits per heavy atom. The zero-order chi connectivity index (χ0) is 10.6. The highest BCUT2D eigenvalue weighted by atomic mass is 15.1. The summed E-state index contributed by atoms with van der Waals surface area (Å²) in [4.78, 5) is 2.19. The van der Waals surface area contributed by atoms with Crippen molar-refractivity contribution in [3.05, 3.63) is 41.6 Å². The maximum absolute atomic E-state index is 2.22. The number of hydrogen-bond acceptors (Lipinski definition) is 1. The second-order valence-electron chi connectivity index (χ2n) is 3.75. The van der Waals surface area contributed by atoms with E-state index < -0.39 is 0 Å². The molecule has 1 rings (SSSR count). The summed E-state index contributed by atoms with van der Waals surface area (Å²) >= 11 is 0. The predicted octanol–water partition coefficient (Wildman–Crippen LogP) is 3.31. The largest absolute Gasteiger partial charge is 0.380 e. The van der Waals surface area contributed by atoms with Crippen LogP contribution in [0.3, 0.4) is 0 Å². The van der Waals surface area contributed by atoms with Crippen LogP contribution < -0.4 is 0 Å². The van der Waals surface area contributed by atoms with Gasteiger partial charge in [-0.25, -0.2) is 0 Å². The highest BCUT2D eigenvalue weighted by molar-refractivity contribution is 5.63. The summed E-state index contributed by atoms with van der Waals surface area (Å²) in [5.41, 5.74) is 3.94. The van der Waals surface area contributed by atoms with E-state index in [0.29, 0.717) is 0 Å². The number of aryl methyl sites for hydroxylation is 1. The van der Waals surface area contributed by atoms with Crippen LogP contribution >= 0.6 is 0 Å². The molecule has 14 heavy (non-hydrogen) atoms. The summed E-state index contributed by atoms with van der Waals surface area (Å²) in [5, 5.41) is 0. The molecule has 0 saturated carbocycles. The predicted molar refractivity (Wildman–Crippen MR) is 63.1 cm³/mol. The van der Waals surface area contributed by atoms with Gasteiger partial charge in [0.25, 0.3) is 0 Å². The number of nitrogens with zero attached hydrogens (tertiary/aromatic N) is 1. The van der Waals surface area contributed by atoms with Crippen LogP contribution in [0.5, 0.6) is 0 Å². The van der Waals surface area contributed by atoms with E-state index in [-0.39, 0.29) is 0 Å². The first kappa shape index (κ1) is 10.8. The van der Waals surface area contributed by atoms with Crippen molar-refractivity contribution < 1.29 is 0 Å². The van der Waals surface area contributed by atoms with Gasteiger partial charge in [-0.2, -0.15) is 0 Å². The van der Waals surface area contributed by atoms with E-state index in [1.165, 1.54) is 16.7 Å². The minimum atomic E-state index is 1.04. The van der Waals surface area contributed by atoms with Gasteiger partial charge in [-0.15, -0.1) is 0 Å². The molecule has 0 heterocycles. The van der Waals surface area contributed by atoms with E-state index >= 15 is 0 Å². The molecule has 0 spiro atoms. The number of rotatable bonds is 3. The van der Waals surface area contributed by atoms with Crippen molar-refractivity contribution in [1.82, 2.24) is 4.90 Å². The van der Waals surface area contributed by atoms with E-state index in [4.69, 9.17) is 0 Å². The van der Waals surface area contributed by atoms with Crippen LogP contribution in [0, 0.1) is 6.92 Å². The van der Waals surface area contributed by atoms with Crippen LogP contribution in [-0.4, -0.2) is 18.5 Å². The fourth-order valence-corrected chi connectivity index (χ4v) is 1.39. The molecule has 0 saturated heterocycles. The Morgan fingerprint density at radius 2 is 2.14 bits per heavy atom. The maximum Gasteiger partial charge on any atom is 0.0140 e. The van der Waals surface area contributed by atoms with Crippen molar-refractivity contribution in [3.8, 4) is 0 Å². The van der Waals surface area contributed by atoms with Crippen LogP contribution in [0.2, 0.25) is 0 Å². The zero-order valence-electron chi connectivity index (χ0n) is 9.54. The Morgan fingerprint density at radius 1 is 1.43 bits per heavy atom. The molecule has 1 aromatic rings. The molecule has 0 radical (unpaired) electrons. The standard InChI is InChI=1S/C13H19N/c1-5-14(4)10-12(3)13-8-6-7-11(2)9-13/h6-10H,5H2,1-4H3/b12-10+. The Bertz CT molecular complexity index is 326. The normalized spacial score (nSPS) is 11.6. The first-order valence-corrected chi connectivity index (χ1v) is 5.09. The van der Waals surface area contributed by atoms with Crippen LogP contribution in [0.15, 0.2) is 30.5 Å². The van der Waals surface area contributed by atoms with Gasteiger partial charge >= 0.3 is 0 Å². The van der Waals surface area contributed by atoms with Gasteiger partial charge in [0.05, 0.1) is 0 Å². The minimum Gasteiger partial charge on any atom is -0.380 e. The van der Waals surface area contributed by atoms with E-state index in [2.05, 4.69) is 63.2 Å². The molecule has 0 amide bonds. The fraction of sp³-hybridized carbons (Fsp3) is 0.385. The maximum atomic E-state index is 2.22. The summed E-state index contributed by atoms with van der Waals surface area (Å²) in [6, 6.07) is 8.60. The SMILES string of the molecule is CCN(C)/C=C(\C)c1cccc(C)c1. The monoisotopic (exact) mass is 189 g/mol. The Labute approximate surface area is 87.1 Å². The summed E-state index contributed by atoms with van der Waals surface area (Å²) in [6.45, 7) is 7.48. The number of allylic oxidation sites excluding steroid dienone is 1. The first-order chi connectivity index (χ1) is 6.63. The molecule has 0 unspecified atom stereocenters. The third kappa shape index (κ3) is 2.91. The van der Waals surface area contributed by atoms with Gasteiger partial charge in [0, 0.05) is 19.8 Å². The van der Waals surface area contributed by atoms with Crippen LogP contribution in [0.25, 0.3) is 5.57 Å². The molecule has 0 bridgehead atoms. The lowest BCUT2D eigenvalue weighted by atomic mass is 10.1. The van der Waals surface area contributed by atoms with Gasteiger partial charge in [-0.3, -0.25) is 0 Å². The molecular weight excluding hydrogens is 170 g/mol. The topological polar surface area (TPSA) is 3.24 Å². The third-order valence-electron chi connectivity index (χ3n) is 2.39. The zero-order valence-corrected chi connectivity index (χ0v) is 9.54. The molecule has 0 atom stereocenters. The lowest BCUT2D eigenvalue weighted by molar-refractivity contribution is 0.485. The summed E-state index contributed by atoms with van der Waals surface area (Å²) < 4.78 is 0. The number of benzene rings is 1. The highest BCUT2D eigenvalue weighted by Crippen LogP contribution is 2.15. The molecular formula is C13H19N. The molecule has 0 N–H and O–H groups in total. The van der Waals surface area contributed by atoms with E-state index in [9.17, 15) is 0 Å². The van der Waals surface area contributed by atoms with Crippen molar-refractivity contribution in [2.75, 3.05) is 13.6 Å². The average Bonchev–Trinajstić information content (AvgIpc) is 2.17. The summed E-state index contributed by atoms with van der Waals surface area (Å²) in [6.07, 6.45) is 2.19. The lowest BCUT2D eigenvalue weighted by Gasteiger charge is -2.12. The van der Waals surface area contributed by atoms with E-state index in [1.807, 2.05) is 0 Å². The van der Waals surface area contributed by atoms with Gasteiger partial charge < -0.3 is 4.90 Å². The van der Waals surface area contributed by atoms with Gasteiger partial charge in [-0.1, -0.05) is 29.8 Å².